The Kier molecular flexibility index (Phi) is 3.99. The molecule has 1 aromatic heterocycles. The van der Waals surface area contributed by atoms with Gasteiger partial charge in [-0.3, -0.25) is 0 Å². The summed E-state index contributed by atoms with van der Waals surface area (Å²) in [6.45, 7) is 5.43. The first kappa shape index (κ1) is 14.4. The van der Waals surface area contributed by atoms with E-state index in [-0.39, 0.29) is 18.6 Å². The summed E-state index contributed by atoms with van der Waals surface area (Å²) in [5, 5.41) is 16.7. The quantitative estimate of drug-likeness (QED) is 0.802. The third-order valence-corrected chi connectivity index (χ3v) is 2.97. The second-order valence-electron chi connectivity index (χ2n) is 5.40. The van der Waals surface area contributed by atoms with Crippen molar-refractivity contribution >= 4 is 17.0 Å². The Hall–Kier alpha value is -2.01. The van der Waals surface area contributed by atoms with Gasteiger partial charge >= 0.3 is 6.03 Å². The van der Waals surface area contributed by atoms with E-state index in [1.54, 1.807) is 13.0 Å². The third kappa shape index (κ3) is 3.30. The second kappa shape index (κ2) is 5.54. The van der Waals surface area contributed by atoms with Gasteiger partial charge < -0.3 is 20.2 Å². The summed E-state index contributed by atoms with van der Waals surface area (Å²) >= 11 is 0. The molecule has 20 heavy (non-hydrogen) atoms. The van der Waals surface area contributed by atoms with Crippen molar-refractivity contribution in [3.05, 3.63) is 36.1 Å². The Morgan fingerprint density at radius 3 is 2.75 bits per heavy atom. The van der Waals surface area contributed by atoms with Crippen LogP contribution in [0.25, 0.3) is 11.0 Å². The Morgan fingerprint density at radius 1 is 1.40 bits per heavy atom. The van der Waals surface area contributed by atoms with Crippen LogP contribution in [0.5, 0.6) is 0 Å². The number of carbonyl (C=O) groups excluding carboxylic acids is 1. The minimum atomic E-state index is -1.26. The molecule has 0 aliphatic heterocycles. The maximum absolute atomic E-state index is 11.5. The molecule has 0 unspecified atom stereocenters. The van der Waals surface area contributed by atoms with Gasteiger partial charge in [-0.2, -0.15) is 0 Å². The van der Waals surface area contributed by atoms with Gasteiger partial charge in [0.1, 0.15) is 16.9 Å². The van der Waals surface area contributed by atoms with Gasteiger partial charge in [-0.05, 0) is 32.9 Å². The molecule has 0 bridgehead atoms. The topological polar surface area (TPSA) is 74.5 Å². The van der Waals surface area contributed by atoms with Crippen LogP contribution >= 0.6 is 0 Å². The number of carbonyl (C=O) groups is 1. The molecule has 1 heterocycles. The van der Waals surface area contributed by atoms with Gasteiger partial charge in [-0.15, -0.1) is 0 Å². The molecule has 2 rings (SSSR count). The van der Waals surface area contributed by atoms with Gasteiger partial charge in [0.05, 0.1) is 6.54 Å². The van der Waals surface area contributed by atoms with Crippen LogP contribution in [-0.4, -0.2) is 23.7 Å². The van der Waals surface area contributed by atoms with E-state index >= 15 is 0 Å². The van der Waals surface area contributed by atoms with Gasteiger partial charge in [0.15, 0.2) is 0 Å². The number of rotatable bonds is 4. The maximum Gasteiger partial charge on any atom is 0.315 e. The highest BCUT2D eigenvalue weighted by molar-refractivity contribution is 5.78. The van der Waals surface area contributed by atoms with E-state index < -0.39 is 5.60 Å². The Labute approximate surface area is 118 Å². The standard InChI is InChI=1S/C15H20N2O3/c1-10(2)17-14(18)16-9-15(3,19)13-8-11-6-4-5-7-12(11)20-13/h4-8,10,19H,9H2,1-3H3,(H2,16,17,18)/t15-/m0/s1. The maximum atomic E-state index is 11.5. The number of para-hydroxylation sites is 1. The molecule has 1 atom stereocenters. The fraction of sp³-hybridized carbons (Fsp3) is 0.400. The van der Waals surface area contributed by atoms with Crippen LogP contribution in [0, 0.1) is 0 Å². The summed E-state index contributed by atoms with van der Waals surface area (Å²) in [5.74, 6) is 0.434. The summed E-state index contributed by atoms with van der Waals surface area (Å²) in [4.78, 5) is 11.5. The lowest BCUT2D eigenvalue weighted by molar-refractivity contribution is 0.0382. The molecule has 2 amide bonds. The van der Waals surface area contributed by atoms with Gasteiger partial charge in [-0.1, -0.05) is 18.2 Å². The molecule has 0 saturated carbocycles. The van der Waals surface area contributed by atoms with E-state index in [0.29, 0.717) is 5.76 Å². The first-order valence-electron chi connectivity index (χ1n) is 6.64. The number of hydrogen-bond donors (Lipinski definition) is 3. The molecule has 0 saturated heterocycles. The number of nitrogens with one attached hydrogen (secondary N) is 2. The molecule has 108 valence electrons. The van der Waals surface area contributed by atoms with E-state index in [1.807, 2.05) is 38.1 Å². The smallest absolute Gasteiger partial charge is 0.315 e. The molecule has 0 aliphatic carbocycles. The molecule has 5 heteroatoms. The van der Waals surface area contributed by atoms with E-state index in [2.05, 4.69) is 10.6 Å². The van der Waals surface area contributed by atoms with Crippen LogP contribution in [0.3, 0.4) is 0 Å². The van der Waals surface area contributed by atoms with Crippen LogP contribution in [-0.2, 0) is 5.60 Å². The predicted octanol–water partition coefficient (Wildman–Crippen LogP) is 2.35. The number of fused-ring (bicyclic) bond motifs is 1. The van der Waals surface area contributed by atoms with Crippen molar-refractivity contribution in [1.29, 1.82) is 0 Å². The van der Waals surface area contributed by atoms with E-state index in [4.69, 9.17) is 4.42 Å². The van der Waals surface area contributed by atoms with Crippen LogP contribution in [0.15, 0.2) is 34.7 Å². The number of aliphatic hydroxyl groups is 1. The molecule has 0 spiro atoms. The van der Waals surface area contributed by atoms with Crippen LogP contribution in [0.2, 0.25) is 0 Å². The van der Waals surface area contributed by atoms with Crippen molar-refractivity contribution in [3.8, 4) is 0 Å². The second-order valence-corrected chi connectivity index (χ2v) is 5.40. The first-order chi connectivity index (χ1) is 9.38. The normalized spacial score (nSPS) is 14.2. The van der Waals surface area contributed by atoms with Gasteiger partial charge in [0, 0.05) is 11.4 Å². The third-order valence-electron chi connectivity index (χ3n) is 2.97. The zero-order chi connectivity index (χ0) is 14.8. The highest BCUT2D eigenvalue weighted by atomic mass is 16.4. The Morgan fingerprint density at radius 2 is 2.10 bits per heavy atom. The van der Waals surface area contributed by atoms with Crippen molar-refractivity contribution < 1.29 is 14.3 Å². The lowest BCUT2D eigenvalue weighted by Crippen LogP contribution is -2.45. The molecular weight excluding hydrogens is 256 g/mol. The molecule has 2 aromatic rings. The summed E-state index contributed by atoms with van der Waals surface area (Å²) in [7, 11) is 0. The zero-order valence-electron chi connectivity index (χ0n) is 11.9. The molecule has 0 fully saturated rings. The van der Waals surface area contributed by atoms with E-state index in [0.717, 1.165) is 11.0 Å². The summed E-state index contributed by atoms with van der Waals surface area (Å²) in [6, 6.07) is 9.06. The number of hydrogen-bond acceptors (Lipinski definition) is 3. The highest BCUT2D eigenvalue weighted by Crippen LogP contribution is 2.27. The van der Waals surface area contributed by atoms with Crippen molar-refractivity contribution in [2.24, 2.45) is 0 Å². The SMILES string of the molecule is CC(C)NC(=O)NC[C@](C)(O)c1cc2ccccc2o1. The van der Waals surface area contributed by atoms with Crippen LogP contribution in [0.4, 0.5) is 4.79 Å². The summed E-state index contributed by atoms with van der Waals surface area (Å²) in [5.41, 5.74) is -0.540. The van der Waals surface area contributed by atoms with Crippen LogP contribution < -0.4 is 10.6 Å². The molecule has 0 radical (unpaired) electrons. The monoisotopic (exact) mass is 276 g/mol. The number of furan rings is 1. The minimum Gasteiger partial charge on any atom is -0.458 e. The lowest BCUT2D eigenvalue weighted by atomic mass is 10.0. The Balaban J connectivity index is 2.07. The molecular formula is C15H20N2O3. The number of benzene rings is 1. The molecule has 0 aliphatic rings. The number of urea groups is 1. The fourth-order valence-corrected chi connectivity index (χ4v) is 1.90. The van der Waals surface area contributed by atoms with Crippen molar-refractivity contribution in [1.82, 2.24) is 10.6 Å². The predicted molar refractivity (Wildman–Crippen MR) is 77.5 cm³/mol. The number of amides is 2. The van der Waals surface area contributed by atoms with Gasteiger partial charge in [0.2, 0.25) is 0 Å². The van der Waals surface area contributed by atoms with Crippen molar-refractivity contribution in [3.63, 3.8) is 0 Å². The minimum absolute atomic E-state index is 0.0474. The van der Waals surface area contributed by atoms with Gasteiger partial charge in [0.25, 0.3) is 0 Å². The average molecular weight is 276 g/mol. The van der Waals surface area contributed by atoms with E-state index in [1.165, 1.54) is 0 Å². The molecule has 5 nitrogen and oxygen atoms in total. The summed E-state index contributed by atoms with van der Waals surface area (Å²) in [6.07, 6.45) is 0. The van der Waals surface area contributed by atoms with Crippen LogP contribution in [0.1, 0.15) is 26.5 Å². The van der Waals surface area contributed by atoms with Gasteiger partial charge in [-0.25, -0.2) is 4.79 Å². The summed E-state index contributed by atoms with van der Waals surface area (Å²) < 4.78 is 5.62. The largest absolute Gasteiger partial charge is 0.458 e. The average Bonchev–Trinajstić information content (AvgIpc) is 2.80. The highest BCUT2D eigenvalue weighted by Gasteiger charge is 2.28. The lowest BCUT2D eigenvalue weighted by Gasteiger charge is -2.21. The zero-order valence-corrected chi connectivity index (χ0v) is 11.9. The first-order valence-corrected chi connectivity index (χ1v) is 6.64. The van der Waals surface area contributed by atoms with E-state index in [9.17, 15) is 9.90 Å². The van der Waals surface area contributed by atoms with Crippen molar-refractivity contribution in [2.75, 3.05) is 6.54 Å². The Bertz CT molecular complexity index is 569. The fourth-order valence-electron chi connectivity index (χ4n) is 1.90. The molecule has 1 aromatic carbocycles. The van der Waals surface area contributed by atoms with Crippen molar-refractivity contribution in [2.45, 2.75) is 32.4 Å². The molecule has 3 N–H and O–H groups in total.